The van der Waals surface area contributed by atoms with Crippen molar-refractivity contribution in [3.05, 3.63) is 11.9 Å². The molecular weight excluding hydrogens is 232 g/mol. The average molecular weight is 252 g/mol. The van der Waals surface area contributed by atoms with Gasteiger partial charge < -0.3 is 10.2 Å². The lowest BCUT2D eigenvalue weighted by molar-refractivity contribution is 0.821. The lowest BCUT2D eigenvalue weighted by Crippen LogP contribution is -2.34. The molecule has 0 radical (unpaired) electrons. The van der Waals surface area contributed by atoms with Crippen LogP contribution in [0.1, 0.15) is 19.4 Å². The van der Waals surface area contributed by atoms with E-state index in [2.05, 4.69) is 34.0 Å². The molecule has 1 fully saturated rings. The van der Waals surface area contributed by atoms with Crippen molar-refractivity contribution in [2.75, 3.05) is 41.4 Å². The van der Waals surface area contributed by atoms with Gasteiger partial charge in [-0.2, -0.15) is 11.8 Å². The van der Waals surface area contributed by atoms with Crippen LogP contribution < -0.4 is 10.2 Å². The molecule has 94 valence electrons. The molecule has 2 rings (SSSR count). The normalized spacial score (nSPS) is 16.0. The van der Waals surface area contributed by atoms with Crippen LogP contribution in [0.5, 0.6) is 0 Å². The Balaban J connectivity index is 2.28. The molecule has 5 heteroatoms. The maximum atomic E-state index is 4.48. The van der Waals surface area contributed by atoms with Gasteiger partial charge in [-0.05, 0) is 13.3 Å². The number of anilines is 2. The van der Waals surface area contributed by atoms with E-state index in [0.29, 0.717) is 0 Å². The molecule has 1 saturated heterocycles. The van der Waals surface area contributed by atoms with E-state index in [1.807, 2.05) is 11.8 Å². The van der Waals surface area contributed by atoms with Crippen molar-refractivity contribution >= 4 is 23.4 Å². The molecule has 0 spiro atoms. The van der Waals surface area contributed by atoms with Crippen LogP contribution in [0.15, 0.2) is 6.33 Å². The van der Waals surface area contributed by atoms with Crippen LogP contribution in [0, 0.1) is 0 Å². The third kappa shape index (κ3) is 2.83. The van der Waals surface area contributed by atoms with E-state index >= 15 is 0 Å². The maximum Gasteiger partial charge on any atom is 0.137 e. The van der Waals surface area contributed by atoms with Gasteiger partial charge >= 0.3 is 0 Å². The summed E-state index contributed by atoms with van der Waals surface area (Å²) in [7, 11) is 0. The van der Waals surface area contributed by atoms with Gasteiger partial charge in [-0.1, -0.05) is 6.92 Å². The standard InChI is InChI=1S/C12H20N4S/c1-3-10-11(13-4-2)14-9-15-12(10)16-5-7-17-8-6-16/h9H,3-8H2,1-2H3,(H,13,14,15). The van der Waals surface area contributed by atoms with Gasteiger partial charge in [-0.25, -0.2) is 9.97 Å². The average Bonchev–Trinajstić information content (AvgIpc) is 2.40. The predicted octanol–water partition coefficient (Wildman–Crippen LogP) is 2.02. The minimum atomic E-state index is 0.902. The molecule has 1 aliphatic rings. The summed E-state index contributed by atoms with van der Waals surface area (Å²) in [5.74, 6) is 4.52. The molecule has 0 saturated carbocycles. The molecule has 1 aromatic heterocycles. The second kappa shape index (κ2) is 6.10. The van der Waals surface area contributed by atoms with Gasteiger partial charge in [0.25, 0.3) is 0 Å². The van der Waals surface area contributed by atoms with Crippen molar-refractivity contribution in [3.63, 3.8) is 0 Å². The Morgan fingerprint density at radius 2 is 2.06 bits per heavy atom. The van der Waals surface area contributed by atoms with E-state index < -0.39 is 0 Å². The highest BCUT2D eigenvalue weighted by Gasteiger charge is 2.17. The number of nitrogens with one attached hydrogen (secondary N) is 1. The number of nitrogens with zero attached hydrogens (tertiary/aromatic N) is 3. The van der Waals surface area contributed by atoms with E-state index in [4.69, 9.17) is 0 Å². The van der Waals surface area contributed by atoms with Crippen LogP contribution in [-0.2, 0) is 6.42 Å². The van der Waals surface area contributed by atoms with Crippen LogP contribution in [-0.4, -0.2) is 41.1 Å². The largest absolute Gasteiger partial charge is 0.370 e. The van der Waals surface area contributed by atoms with Crippen LogP contribution in [0.25, 0.3) is 0 Å². The van der Waals surface area contributed by atoms with E-state index in [1.54, 1.807) is 6.33 Å². The number of hydrogen-bond donors (Lipinski definition) is 1. The second-order valence-electron chi connectivity index (χ2n) is 4.01. The zero-order chi connectivity index (χ0) is 12.1. The van der Waals surface area contributed by atoms with Gasteiger partial charge in [0.05, 0.1) is 0 Å². The molecule has 1 aromatic rings. The molecule has 4 nitrogen and oxygen atoms in total. The summed E-state index contributed by atoms with van der Waals surface area (Å²) < 4.78 is 0. The first-order chi connectivity index (χ1) is 8.36. The predicted molar refractivity (Wildman–Crippen MR) is 75.1 cm³/mol. The highest BCUT2D eigenvalue weighted by Crippen LogP contribution is 2.25. The van der Waals surface area contributed by atoms with Gasteiger partial charge in [0.2, 0.25) is 0 Å². The number of aromatic nitrogens is 2. The summed E-state index contributed by atoms with van der Waals surface area (Å²) in [4.78, 5) is 11.2. The monoisotopic (exact) mass is 252 g/mol. The lowest BCUT2D eigenvalue weighted by atomic mass is 10.2. The summed E-state index contributed by atoms with van der Waals surface area (Å²) >= 11 is 2.02. The third-order valence-corrected chi connectivity index (χ3v) is 3.87. The molecule has 0 unspecified atom stereocenters. The molecule has 0 bridgehead atoms. The van der Waals surface area contributed by atoms with Gasteiger partial charge in [0, 0.05) is 36.7 Å². The molecule has 0 aliphatic carbocycles. The minimum Gasteiger partial charge on any atom is -0.370 e. The van der Waals surface area contributed by atoms with Gasteiger partial charge in [-0.15, -0.1) is 0 Å². The Labute approximate surface area is 107 Å². The first-order valence-electron chi connectivity index (χ1n) is 6.27. The number of rotatable bonds is 4. The van der Waals surface area contributed by atoms with Crippen LogP contribution >= 0.6 is 11.8 Å². The Morgan fingerprint density at radius 3 is 2.71 bits per heavy atom. The quantitative estimate of drug-likeness (QED) is 0.888. The smallest absolute Gasteiger partial charge is 0.137 e. The van der Waals surface area contributed by atoms with Crippen LogP contribution in [0.4, 0.5) is 11.6 Å². The van der Waals surface area contributed by atoms with E-state index in [0.717, 1.165) is 37.7 Å². The molecule has 0 amide bonds. The zero-order valence-corrected chi connectivity index (χ0v) is 11.4. The molecule has 1 aliphatic heterocycles. The second-order valence-corrected chi connectivity index (χ2v) is 5.23. The summed E-state index contributed by atoms with van der Waals surface area (Å²) in [6.07, 6.45) is 2.65. The summed E-state index contributed by atoms with van der Waals surface area (Å²) in [5, 5.41) is 3.32. The number of thioether (sulfide) groups is 1. The van der Waals surface area contributed by atoms with E-state index in [-0.39, 0.29) is 0 Å². The van der Waals surface area contributed by atoms with Crippen molar-refractivity contribution in [2.24, 2.45) is 0 Å². The molecular formula is C12H20N4S. The number of hydrogen-bond acceptors (Lipinski definition) is 5. The van der Waals surface area contributed by atoms with Crippen LogP contribution in [0.3, 0.4) is 0 Å². The van der Waals surface area contributed by atoms with Crippen LogP contribution in [0.2, 0.25) is 0 Å². The third-order valence-electron chi connectivity index (χ3n) is 2.93. The van der Waals surface area contributed by atoms with Crippen molar-refractivity contribution < 1.29 is 0 Å². The molecule has 2 heterocycles. The fourth-order valence-electron chi connectivity index (χ4n) is 2.10. The highest BCUT2D eigenvalue weighted by atomic mass is 32.2. The molecule has 0 aromatic carbocycles. The fraction of sp³-hybridized carbons (Fsp3) is 0.667. The Morgan fingerprint density at radius 1 is 1.29 bits per heavy atom. The van der Waals surface area contributed by atoms with Gasteiger partial charge in [0.15, 0.2) is 0 Å². The summed E-state index contributed by atoms with van der Waals surface area (Å²) in [6, 6.07) is 0. The first-order valence-corrected chi connectivity index (χ1v) is 7.42. The SMILES string of the molecule is CCNc1ncnc(N2CCSCC2)c1CC. The Kier molecular flexibility index (Phi) is 4.48. The minimum absolute atomic E-state index is 0.902. The topological polar surface area (TPSA) is 41.1 Å². The zero-order valence-electron chi connectivity index (χ0n) is 10.6. The fourth-order valence-corrected chi connectivity index (χ4v) is 3.00. The van der Waals surface area contributed by atoms with E-state index in [1.165, 1.54) is 17.1 Å². The Hall–Kier alpha value is -0.970. The van der Waals surface area contributed by atoms with Gasteiger partial charge in [0.1, 0.15) is 18.0 Å². The van der Waals surface area contributed by atoms with E-state index in [9.17, 15) is 0 Å². The van der Waals surface area contributed by atoms with Crippen molar-refractivity contribution in [3.8, 4) is 0 Å². The highest BCUT2D eigenvalue weighted by molar-refractivity contribution is 7.99. The Bertz CT molecular complexity index is 364. The lowest BCUT2D eigenvalue weighted by Gasteiger charge is -2.29. The van der Waals surface area contributed by atoms with Crippen molar-refractivity contribution in [2.45, 2.75) is 20.3 Å². The molecule has 17 heavy (non-hydrogen) atoms. The molecule has 0 atom stereocenters. The molecule has 1 N–H and O–H groups in total. The summed E-state index contributed by atoms with van der Waals surface area (Å²) in [6.45, 7) is 7.36. The van der Waals surface area contributed by atoms with Crippen molar-refractivity contribution in [1.29, 1.82) is 0 Å². The first kappa shape index (κ1) is 12.5. The van der Waals surface area contributed by atoms with Crippen molar-refractivity contribution in [1.82, 2.24) is 9.97 Å². The van der Waals surface area contributed by atoms with Gasteiger partial charge in [-0.3, -0.25) is 0 Å². The maximum absolute atomic E-state index is 4.48. The summed E-state index contributed by atoms with van der Waals surface area (Å²) in [5.41, 5.74) is 1.25.